The zero-order valence-corrected chi connectivity index (χ0v) is 9.93. The summed E-state index contributed by atoms with van der Waals surface area (Å²) in [6.45, 7) is 2.96. The second-order valence-corrected chi connectivity index (χ2v) is 5.96. The normalized spacial score (nSPS) is 24.9. The molecular weight excluding hydrogens is 216 g/mol. The van der Waals surface area contributed by atoms with Crippen LogP contribution in [0, 0.1) is 11.8 Å². The number of carbonyl (C=O) groups is 1. The minimum absolute atomic E-state index is 0.0989. The first kappa shape index (κ1) is 12.4. The SMILES string of the molecule is C[C@H]1C[C@H]1C(=O)NCCCNS(C)(=O)=O. The van der Waals surface area contributed by atoms with E-state index < -0.39 is 10.0 Å². The highest BCUT2D eigenvalue weighted by molar-refractivity contribution is 7.88. The molecule has 6 heteroatoms. The molecule has 0 bridgehead atoms. The zero-order valence-electron chi connectivity index (χ0n) is 9.12. The van der Waals surface area contributed by atoms with Crippen LogP contribution in [0.4, 0.5) is 0 Å². The summed E-state index contributed by atoms with van der Waals surface area (Å²) in [7, 11) is -3.10. The summed E-state index contributed by atoms with van der Waals surface area (Å²) >= 11 is 0. The Hall–Kier alpha value is -0.620. The molecule has 1 fully saturated rings. The van der Waals surface area contributed by atoms with Gasteiger partial charge in [-0.3, -0.25) is 4.79 Å². The predicted molar refractivity (Wildman–Crippen MR) is 57.7 cm³/mol. The Morgan fingerprint density at radius 3 is 2.47 bits per heavy atom. The monoisotopic (exact) mass is 234 g/mol. The second-order valence-electron chi connectivity index (χ2n) is 4.13. The Bertz CT molecular complexity index is 326. The van der Waals surface area contributed by atoms with Crippen molar-refractivity contribution in [1.82, 2.24) is 10.0 Å². The molecule has 0 saturated heterocycles. The number of nitrogens with one attached hydrogen (secondary N) is 2. The lowest BCUT2D eigenvalue weighted by Crippen LogP contribution is -2.30. The lowest BCUT2D eigenvalue weighted by atomic mass is 10.3. The van der Waals surface area contributed by atoms with Gasteiger partial charge in [0.2, 0.25) is 15.9 Å². The van der Waals surface area contributed by atoms with Crippen LogP contribution in [-0.4, -0.2) is 33.7 Å². The molecule has 15 heavy (non-hydrogen) atoms. The third-order valence-corrected chi connectivity index (χ3v) is 3.19. The number of amides is 1. The van der Waals surface area contributed by atoms with Crippen molar-refractivity contribution in [2.75, 3.05) is 19.3 Å². The van der Waals surface area contributed by atoms with Crippen LogP contribution < -0.4 is 10.0 Å². The van der Waals surface area contributed by atoms with E-state index in [0.717, 1.165) is 12.7 Å². The minimum Gasteiger partial charge on any atom is -0.356 e. The maximum atomic E-state index is 11.3. The quantitative estimate of drug-likeness (QED) is 0.619. The number of carbonyl (C=O) groups excluding carboxylic acids is 1. The smallest absolute Gasteiger partial charge is 0.223 e. The maximum Gasteiger partial charge on any atom is 0.223 e. The van der Waals surface area contributed by atoms with E-state index in [-0.39, 0.29) is 11.8 Å². The van der Waals surface area contributed by atoms with Crippen LogP contribution in [0.1, 0.15) is 19.8 Å². The summed E-state index contributed by atoms with van der Waals surface area (Å²) in [6.07, 6.45) is 2.73. The number of rotatable bonds is 6. The van der Waals surface area contributed by atoms with Gasteiger partial charge >= 0.3 is 0 Å². The fourth-order valence-electron chi connectivity index (χ4n) is 1.38. The van der Waals surface area contributed by atoms with Crippen molar-refractivity contribution >= 4 is 15.9 Å². The average molecular weight is 234 g/mol. The topological polar surface area (TPSA) is 75.3 Å². The van der Waals surface area contributed by atoms with Crippen LogP contribution in [0.5, 0.6) is 0 Å². The molecule has 2 N–H and O–H groups in total. The van der Waals surface area contributed by atoms with Crippen molar-refractivity contribution in [1.29, 1.82) is 0 Å². The van der Waals surface area contributed by atoms with E-state index in [1.165, 1.54) is 0 Å². The van der Waals surface area contributed by atoms with Crippen LogP contribution in [0.25, 0.3) is 0 Å². The third-order valence-electron chi connectivity index (χ3n) is 2.46. The highest BCUT2D eigenvalue weighted by Gasteiger charge is 2.38. The van der Waals surface area contributed by atoms with Gasteiger partial charge in [-0.2, -0.15) is 0 Å². The van der Waals surface area contributed by atoms with E-state index in [1.807, 2.05) is 0 Å². The Balaban J connectivity index is 2.00. The summed E-state index contributed by atoms with van der Waals surface area (Å²) < 4.78 is 23.8. The highest BCUT2D eigenvalue weighted by Crippen LogP contribution is 2.37. The van der Waals surface area contributed by atoms with Gasteiger partial charge in [-0.25, -0.2) is 13.1 Å². The van der Waals surface area contributed by atoms with Crippen molar-refractivity contribution < 1.29 is 13.2 Å². The number of hydrogen-bond donors (Lipinski definition) is 2. The molecule has 0 aromatic rings. The van der Waals surface area contributed by atoms with E-state index in [0.29, 0.717) is 25.4 Å². The molecule has 0 heterocycles. The first-order valence-electron chi connectivity index (χ1n) is 5.12. The largest absolute Gasteiger partial charge is 0.356 e. The molecule has 88 valence electrons. The molecule has 1 amide bonds. The Labute approximate surface area is 90.7 Å². The van der Waals surface area contributed by atoms with E-state index in [1.54, 1.807) is 0 Å². The van der Waals surface area contributed by atoms with Gasteiger partial charge in [-0.05, 0) is 18.8 Å². The van der Waals surface area contributed by atoms with Gasteiger partial charge in [-0.1, -0.05) is 6.92 Å². The molecule has 0 radical (unpaired) electrons. The molecule has 1 rings (SSSR count). The first-order chi connectivity index (χ1) is 6.90. The molecule has 5 nitrogen and oxygen atoms in total. The van der Waals surface area contributed by atoms with Gasteiger partial charge < -0.3 is 5.32 Å². The second kappa shape index (κ2) is 4.94. The highest BCUT2D eigenvalue weighted by atomic mass is 32.2. The molecule has 2 atom stereocenters. The van der Waals surface area contributed by atoms with Gasteiger partial charge in [-0.15, -0.1) is 0 Å². The van der Waals surface area contributed by atoms with E-state index >= 15 is 0 Å². The first-order valence-corrected chi connectivity index (χ1v) is 7.01. The average Bonchev–Trinajstić information content (AvgIpc) is 2.80. The van der Waals surface area contributed by atoms with Crippen molar-refractivity contribution in [2.45, 2.75) is 19.8 Å². The van der Waals surface area contributed by atoms with E-state index in [4.69, 9.17) is 0 Å². The number of hydrogen-bond acceptors (Lipinski definition) is 3. The minimum atomic E-state index is -3.10. The molecular formula is C9H18N2O3S. The maximum absolute atomic E-state index is 11.3. The van der Waals surface area contributed by atoms with Gasteiger partial charge in [0.25, 0.3) is 0 Å². The molecule has 0 aliphatic heterocycles. The molecule has 0 aromatic heterocycles. The van der Waals surface area contributed by atoms with Crippen LogP contribution in [0.15, 0.2) is 0 Å². The van der Waals surface area contributed by atoms with Crippen molar-refractivity contribution in [3.8, 4) is 0 Å². The number of sulfonamides is 1. The van der Waals surface area contributed by atoms with Gasteiger partial charge in [0.15, 0.2) is 0 Å². The van der Waals surface area contributed by atoms with Gasteiger partial charge in [0.1, 0.15) is 0 Å². The Morgan fingerprint density at radius 2 is 2.00 bits per heavy atom. The standard InChI is InChI=1S/C9H18N2O3S/c1-7-6-8(7)9(12)10-4-3-5-11-15(2,13)14/h7-8,11H,3-6H2,1-2H3,(H,10,12)/t7-,8+/m0/s1. The molecule has 0 unspecified atom stereocenters. The van der Waals surface area contributed by atoms with Crippen LogP contribution in [0.2, 0.25) is 0 Å². The molecule has 0 aromatic carbocycles. The van der Waals surface area contributed by atoms with E-state index in [9.17, 15) is 13.2 Å². The fourth-order valence-corrected chi connectivity index (χ4v) is 1.89. The van der Waals surface area contributed by atoms with Crippen LogP contribution >= 0.6 is 0 Å². The Kier molecular flexibility index (Phi) is 4.10. The molecule has 1 aliphatic carbocycles. The van der Waals surface area contributed by atoms with Crippen molar-refractivity contribution in [3.63, 3.8) is 0 Å². The summed E-state index contributed by atoms with van der Waals surface area (Å²) in [6, 6.07) is 0. The lowest BCUT2D eigenvalue weighted by Gasteiger charge is -2.04. The molecule has 0 spiro atoms. The Morgan fingerprint density at radius 1 is 1.40 bits per heavy atom. The molecule has 1 saturated carbocycles. The summed E-state index contributed by atoms with van der Waals surface area (Å²) in [5.74, 6) is 0.800. The van der Waals surface area contributed by atoms with Gasteiger partial charge in [0, 0.05) is 19.0 Å². The van der Waals surface area contributed by atoms with Crippen molar-refractivity contribution in [2.24, 2.45) is 11.8 Å². The van der Waals surface area contributed by atoms with Crippen molar-refractivity contribution in [3.05, 3.63) is 0 Å². The van der Waals surface area contributed by atoms with E-state index in [2.05, 4.69) is 17.0 Å². The third kappa shape index (κ3) is 5.13. The van der Waals surface area contributed by atoms with Crippen LogP contribution in [-0.2, 0) is 14.8 Å². The zero-order chi connectivity index (χ0) is 11.5. The summed E-state index contributed by atoms with van der Waals surface area (Å²) in [5.41, 5.74) is 0. The molecule has 1 aliphatic rings. The lowest BCUT2D eigenvalue weighted by molar-refractivity contribution is -0.122. The fraction of sp³-hybridized carbons (Fsp3) is 0.889. The van der Waals surface area contributed by atoms with Gasteiger partial charge in [0.05, 0.1) is 6.26 Å². The summed E-state index contributed by atoms with van der Waals surface area (Å²) in [5, 5.41) is 2.79. The predicted octanol–water partition coefficient (Wildman–Crippen LogP) is -0.302. The van der Waals surface area contributed by atoms with Crippen LogP contribution in [0.3, 0.4) is 0 Å². The summed E-state index contributed by atoms with van der Waals surface area (Å²) in [4.78, 5) is 11.3.